The van der Waals surface area contributed by atoms with Gasteiger partial charge >= 0.3 is 6.18 Å². The molecule has 1 fully saturated rings. The van der Waals surface area contributed by atoms with Crippen LogP contribution in [0.5, 0.6) is 5.75 Å². The Morgan fingerprint density at radius 2 is 1.88 bits per heavy atom. The molecule has 1 aromatic heterocycles. The lowest BCUT2D eigenvalue weighted by atomic mass is 10.1. The molecule has 2 aromatic rings. The lowest BCUT2D eigenvalue weighted by Gasteiger charge is -2.31. The highest BCUT2D eigenvalue weighted by atomic mass is 32.1. The predicted molar refractivity (Wildman–Crippen MR) is 86.9 cm³/mol. The third-order valence-electron chi connectivity index (χ3n) is 4.13. The van der Waals surface area contributed by atoms with Crippen molar-refractivity contribution in [1.82, 2.24) is 9.88 Å². The van der Waals surface area contributed by atoms with E-state index in [9.17, 15) is 18.3 Å². The molecule has 1 aromatic carbocycles. The minimum absolute atomic E-state index is 0.000577. The van der Waals surface area contributed by atoms with E-state index in [1.807, 2.05) is 5.38 Å². The Morgan fingerprint density at radius 1 is 1.20 bits per heavy atom. The van der Waals surface area contributed by atoms with Crippen molar-refractivity contribution >= 4 is 11.3 Å². The topological polar surface area (TPSA) is 45.3 Å². The average Bonchev–Trinajstić information content (AvgIpc) is 3.04. The maximum absolute atomic E-state index is 12.6. The van der Waals surface area contributed by atoms with Gasteiger partial charge in [-0.05, 0) is 37.1 Å². The standard InChI is InChI=1S/C17H18F3N2O2S/c18-17(19,20)12-1-3-14(4-2-12)24-15-5-7-22(8-6-15)9-13-11-25-16(10-23)21-13/h1-4,11,15H,5-10H2. The van der Waals surface area contributed by atoms with E-state index in [0.29, 0.717) is 17.3 Å². The van der Waals surface area contributed by atoms with E-state index >= 15 is 0 Å². The number of rotatable bonds is 5. The van der Waals surface area contributed by atoms with Crippen molar-refractivity contribution in [2.75, 3.05) is 13.1 Å². The molecule has 1 aliphatic rings. The zero-order valence-electron chi connectivity index (χ0n) is 13.5. The van der Waals surface area contributed by atoms with Crippen LogP contribution in [0, 0.1) is 0 Å². The van der Waals surface area contributed by atoms with Crippen molar-refractivity contribution in [3.63, 3.8) is 0 Å². The highest BCUT2D eigenvalue weighted by Crippen LogP contribution is 2.31. The van der Waals surface area contributed by atoms with Gasteiger partial charge in [-0.1, -0.05) is 0 Å². The number of alkyl halides is 3. The molecule has 0 bridgehead atoms. The molecule has 0 atom stereocenters. The number of thiazole rings is 1. The molecular formula is C17H18F3N2O2S. The van der Waals surface area contributed by atoms with Crippen LogP contribution < -0.4 is 4.74 Å². The largest absolute Gasteiger partial charge is 0.490 e. The minimum Gasteiger partial charge on any atom is -0.490 e. The zero-order chi connectivity index (χ0) is 17.9. The number of nitrogens with zero attached hydrogens (tertiary/aromatic N) is 2. The smallest absolute Gasteiger partial charge is 0.416 e. The quantitative estimate of drug-likeness (QED) is 0.794. The van der Waals surface area contributed by atoms with Crippen molar-refractivity contribution < 1.29 is 23.0 Å². The van der Waals surface area contributed by atoms with E-state index in [1.165, 1.54) is 23.5 Å². The number of aromatic nitrogens is 1. The molecule has 0 unspecified atom stereocenters. The first-order valence-electron chi connectivity index (χ1n) is 8.01. The fourth-order valence-corrected chi connectivity index (χ4v) is 3.45. The summed E-state index contributed by atoms with van der Waals surface area (Å²) >= 11 is 1.39. The van der Waals surface area contributed by atoms with Crippen LogP contribution in [0.25, 0.3) is 0 Å². The van der Waals surface area contributed by atoms with Gasteiger partial charge in [0, 0.05) is 25.0 Å². The van der Waals surface area contributed by atoms with Crippen LogP contribution >= 0.6 is 11.3 Å². The van der Waals surface area contributed by atoms with Crippen molar-refractivity contribution in [3.8, 4) is 5.75 Å². The Bertz CT molecular complexity index is 680. The molecule has 8 heteroatoms. The van der Waals surface area contributed by atoms with Crippen LogP contribution in [0.2, 0.25) is 0 Å². The van der Waals surface area contributed by atoms with E-state index in [2.05, 4.69) is 9.88 Å². The maximum Gasteiger partial charge on any atom is 0.416 e. The highest BCUT2D eigenvalue weighted by molar-refractivity contribution is 7.09. The van der Waals surface area contributed by atoms with Crippen molar-refractivity contribution in [2.24, 2.45) is 0 Å². The molecule has 1 aliphatic heterocycles. The van der Waals surface area contributed by atoms with Crippen LogP contribution in [0.3, 0.4) is 0 Å². The molecule has 0 spiro atoms. The summed E-state index contributed by atoms with van der Waals surface area (Å²) in [7, 11) is 0. The summed E-state index contributed by atoms with van der Waals surface area (Å²) in [5, 5.41) is 13.3. The third-order valence-corrected chi connectivity index (χ3v) is 5.00. The maximum atomic E-state index is 12.6. The van der Waals surface area contributed by atoms with Crippen LogP contribution in [0.15, 0.2) is 29.6 Å². The molecule has 135 valence electrons. The number of hydrogen-bond acceptors (Lipinski definition) is 4. The van der Waals surface area contributed by atoms with Gasteiger partial charge in [0.15, 0.2) is 0 Å². The average molecular weight is 371 g/mol. The second kappa shape index (κ2) is 7.72. The first-order chi connectivity index (χ1) is 11.9. The molecule has 4 nitrogen and oxygen atoms in total. The first kappa shape index (κ1) is 18.2. The van der Waals surface area contributed by atoms with Gasteiger partial charge in [-0.2, -0.15) is 13.2 Å². The van der Waals surface area contributed by atoms with Gasteiger partial charge in [0.25, 0.3) is 0 Å². The van der Waals surface area contributed by atoms with Crippen molar-refractivity contribution in [1.29, 1.82) is 0 Å². The van der Waals surface area contributed by atoms with Gasteiger partial charge in [-0.15, -0.1) is 11.3 Å². The number of hydrogen-bond donors (Lipinski definition) is 0. The van der Waals surface area contributed by atoms with Gasteiger partial charge in [-0.3, -0.25) is 4.90 Å². The lowest BCUT2D eigenvalue weighted by molar-refractivity contribution is -0.137. The van der Waals surface area contributed by atoms with Gasteiger partial charge in [0.05, 0.1) is 11.3 Å². The number of ether oxygens (including phenoxy) is 1. The fourth-order valence-electron chi connectivity index (χ4n) is 2.82. The fraction of sp³-hybridized carbons (Fsp3) is 0.471. The Hall–Kier alpha value is -1.64. The highest BCUT2D eigenvalue weighted by Gasteiger charge is 2.30. The van der Waals surface area contributed by atoms with E-state index in [1.54, 1.807) is 0 Å². The molecule has 0 saturated carbocycles. The summed E-state index contributed by atoms with van der Waals surface area (Å²) in [6, 6.07) is 4.82. The van der Waals surface area contributed by atoms with Gasteiger partial charge in [0.2, 0.25) is 0 Å². The molecule has 2 heterocycles. The van der Waals surface area contributed by atoms with E-state index in [0.717, 1.165) is 43.8 Å². The molecule has 0 aliphatic carbocycles. The Labute approximate surface area is 147 Å². The van der Waals surface area contributed by atoms with Gasteiger partial charge in [0.1, 0.15) is 23.5 Å². The number of piperidine rings is 1. The normalized spacial score (nSPS) is 17.0. The second-order valence-electron chi connectivity index (χ2n) is 5.99. The van der Waals surface area contributed by atoms with Gasteiger partial charge < -0.3 is 4.74 Å². The summed E-state index contributed by atoms with van der Waals surface area (Å²) in [6.07, 6.45) is -2.72. The Morgan fingerprint density at radius 3 is 2.44 bits per heavy atom. The monoisotopic (exact) mass is 371 g/mol. The number of halogens is 3. The van der Waals surface area contributed by atoms with Crippen molar-refractivity contribution in [3.05, 3.63) is 45.9 Å². The first-order valence-corrected chi connectivity index (χ1v) is 8.89. The summed E-state index contributed by atoms with van der Waals surface area (Å²) in [5.74, 6) is 0.464. The van der Waals surface area contributed by atoms with Crippen LogP contribution in [0.4, 0.5) is 13.2 Å². The summed E-state index contributed by atoms with van der Waals surface area (Å²) in [4.78, 5) is 6.53. The molecule has 3 rings (SSSR count). The number of benzene rings is 1. The Balaban J connectivity index is 1.47. The minimum atomic E-state index is -4.33. The molecule has 25 heavy (non-hydrogen) atoms. The lowest BCUT2D eigenvalue weighted by Crippen LogP contribution is -2.37. The third kappa shape index (κ3) is 4.93. The summed E-state index contributed by atoms with van der Waals surface area (Å²) in [6.45, 7) is 2.09. The van der Waals surface area contributed by atoms with Crippen LogP contribution in [-0.4, -0.2) is 29.1 Å². The van der Waals surface area contributed by atoms with E-state index in [-0.39, 0.29) is 12.7 Å². The van der Waals surface area contributed by atoms with Crippen LogP contribution in [0.1, 0.15) is 29.1 Å². The second-order valence-corrected chi connectivity index (χ2v) is 6.94. The summed E-state index contributed by atoms with van der Waals surface area (Å²) in [5.41, 5.74) is 0.244. The SMILES string of the molecule is [O]Cc1nc(CN2CCC(Oc3ccc(C(F)(F)F)cc3)CC2)cs1. The zero-order valence-corrected chi connectivity index (χ0v) is 14.3. The molecule has 0 amide bonds. The van der Waals surface area contributed by atoms with Gasteiger partial charge in [-0.25, -0.2) is 10.1 Å². The molecule has 1 radical (unpaired) electrons. The summed E-state index contributed by atoms with van der Waals surface area (Å²) < 4.78 is 43.5. The molecular weight excluding hydrogens is 353 g/mol. The molecule has 0 N–H and O–H groups in total. The van der Waals surface area contributed by atoms with E-state index < -0.39 is 11.7 Å². The Kier molecular flexibility index (Phi) is 5.61. The number of likely N-dealkylation sites (tertiary alicyclic amines) is 1. The van der Waals surface area contributed by atoms with Crippen LogP contribution in [-0.2, 0) is 24.4 Å². The van der Waals surface area contributed by atoms with E-state index in [4.69, 9.17) is 4.74 Å². The predicted octanol–water partition coefficient (Wildman–Crippen LogP) is 4.14. The van der Waals surface area contributed by atoms with Crippen molar-refractivity contribution in [2.45, 2.75) is 38.3 Å². The molecule has 1 saturated heterocycles.